The molecule has 0 heterocycles. The van der Waals surface area contributed by atoms with Crippen molar-refractivity contribution in [3.63, 3.8) is 0 Å². The lowest BCUT2D eigenvalue weighted by Crippen LogP contribution is -2.31. The summed E-state index contributed by atoms with van der Waals surface area (Å²) >= 11 is 0. The number of likely N-dealkylation sites (N-methyl/N-ethyl adjacent to an activating group) is 1. The molecule has 2 amide bonds. The van der Waals surface area contributed by atoms with E-state index in [1.54, 1.807) is 31.3 Å². The van der Waals surface area contributed by atoms with E-state index in [2.05, 4.69) is 11.9 Å². The number of anilines is 1. The topological polar surface area (TPSA) is 69.6 Å². The van der Waals surface area contributed by atoms with Gasteiger partial charge in [-0.15, -0.1) is 6.58 Å². The van der Waals surface area contributed by atoms with E-state index < -0.39 is 5.97 Å². The van der Waals surface area contributed by atoms with Crippen molar-refractivity contribution in [3.05, 3.63) is 42.5 Å². The maximum atomic E-state index is 11.7. The van der Waals surface area contributed by atoms with Gasteiger partial charge in [0, 0.05) is 13.6 Å². The quantitative estimate of drug-likeness (QED) is 0.783. The molecule has 0 fully saturated rings. The van der Waals surface area contributed by atoms with Crippen molar-refractivity contribution in [1.82, 2.24) is 4.90 Å². The number of hydrogen-bond acceptors (Lipinski definition) is 2. The summed E-state index contributed by atoms with van der Waals surface area (Å²) in [6.07, 6.45) is 1.59. The highest BCUT2D eigenvalue weighted by atomic mass is 16.4. The number of para-hydroxylation sites is 1. The number of rotatable bonds is 4. The minimum atomic E-state index is -1.08. The van der Waals surface area contributed by atoms with Gasteiger partial charge in [-0.2, -0.15) is 0 Å². The van der Waals surface area contributed by atoms with Crippen LogP contribution >= 0.6 is 0 Å². The van der Waals surface area contributed by atoms with Crippen LogP contribution in [0.5, 0.6) is 0 Å². The highest BCUT2D eigenvalue weighted by molar-refractivity contribution is 5.99. The van der Waals surface area contributed by atoms with Crippen LogP contribution in [-0.2, 0) is 0 Å². The average Bonchev–Trinajstić information content (AvgIpc) is 2.29. The SMILES string of the molecule is C=CCN(C)C(=O)Nc1ccccc1C(=O)O. The van der Waals surface area contributed by atoms with Crippen LogP contribution in [-0.4, -0.2) is 35.6 Å². The number of benzene rings is 1. The third-order valence-electron chi connectivity index (χ3n) is 2.15. The Morgan fingerprint density at radius 1 is 1.47 bits per heavy atom. The fraction of sp³-hybridized carbons (Fsp3) is 0.167. The van der Waals surface area contributed by atoms with E-state index in [1.165, 1.54) is 11.0 Å². The number of carboxylic acid groups (broad SMARTS) is 1. The Labute approximate surface area is 99.4 Å². The van der Waals surface area contributed by atoms with Gasteiger partial charge in [0.2, 0.25) is 0 Å². The van der Waals surface area contributed by atoms with Gasteiger partial charge in [0.05, 0.1) is 11.3 Å². The molecule has 17 heavy (non-hydrogen) atoms. The number of nitrogens with zero attached hydrogens (tertiary/aromatic N) is 1. The predicted molar refractivity (Wildman–Crippen MR) is 65.2 cm³/mol. The minimum Gasteiger partial charge on any atom is -0.478 e. The normalized spacial score (nSPS) is 9.47. The molecule has 0 bridgehead atoms. The van der Waals surface area contributed by atoms with Gasteiger partial charge in [-0.25, -0.2) is 9.59 Å². The van der Waals surface area contributed by atoms with Gasteiger partial charge >= 0.3 is 12.0 Å². The molecule has 0 saturated carbocycles. The largest absolute Gasteiger partial charge is 0.478 e. The zero-order valence-corrected chi connectivity index (χ0v) is 9.51. The van der Waals surface area contributed by atoms with Gasteiger partial charge in [-0.3, -0.25) is 0 Å². The van der Waals surface area contributed by atoms with E-state index in [-0.39, 0.29) is 17.3 Å². The van der Waals surface area contributed by atoms with Crippen molar-refractivity contribution < 1.29 is 14.7 Å². The number of carbonyl (C=O) groups is 2. The van der Waals surface area contributed by atoms with Crippen molar-refractivity contribution in [2.24, 2.45) is 0 Å². The van der Waals surface area contributed by atoms with Crippen LogP contribution in [0.2, 0.25) is 0 Å². The molecule has 0 aliphatic carbocycles. The molecular formula is C12H14N2O3. The van der Waals surface area contributed by atoms with Crippen LogP contribution in [0.3, 0.4) is 0 Å². The Kier molecular flexibility index (Phi) is 4.28. The molecule has 5 heteroatoms. The fourth-order valence-corrected chi connectivity index (χ4v) is 1.27. The van der Waals surface area contributed by atoms with Crippen molar-refractivity contribution in [2.75, 3.05) is 18.9 Å². The molecule has 1 rings (SSSR count). The van der Waals surface area contributed by atoms with Crippen LogP contribution < -0.4 is 5.32 Å². The number of nitrogens with one attached hydrogen (secondary N) is 1. The number of carbonyl (C=O) groups excluding carboxylic acids is 1. The molecule has 5 nitrogen and oxygen atoms in total. The summed E-state index contributed by atoms with van der Waals surface area (Å²) in [5.74, 6) is -1.08. The molecule has 0 aliphatic rings. The molecule has 0 aromatic heterocycles. The van der Waals surface area contributed by atoms with Gasteiger partial charge in [0.1, 0.15) is 0 Å². The number of hydrogen-bond donors (Lipinski definition) is 2. The summed E-state index contributed by atoms with van der Waals surface area (Å²) in [7, 11) is 1.60. The molecule has 0 atom stereocenters. The third kappa shape index (κ3) is 3.34. The van der Waals surface area contributed by atoms with Crippen LogP contribution in [0.4, 0.5) is 10.5 Å². The molecule has 90 valence electrons. The van der Waals surface area contributed by atoms with Gasteiger partial charge in [-0.1, -0.05) is 18.2 Å². The lowest BCUT2D eigenvalue weighted by Gasteiger charge is -2.16. The fourth-order valence-electron chi connectivity index (χ4n) is 1.27. The second kappa shape index (κ2) is 5.69. The zero-order chi connectivity index (χ0) is 12.8. The Bertz CT molecular complexity index is 443. The molecule has 0 radical (unpaired) electrons. The monoisotopic (exact) mass is 234 g/mol. The zero-order valence-electron chi connectivity index (χ0n) is 9.51. The lowest BCUT2D eigenvalue weighted by molar-refractivity contribution is 0.0698. The number of amides is 2. The lowest BCUT2D eigenvalue weighted by atomic mass is 10.2. The minimum absolute atomic E-state index is 0.0628. The van der Waals surface area contributed by atoms with Crippen molar-refractivity contribution in [1.29, 1.82) is 0 Å². The Hall–Kier alpha value is -2.30. The first-order chi connectivity index (χ1) is 8.06. The Morgan fingerprint density at radius 3 is 2.71 bits per heavy atom. The average molecular weight is 234 g/mol. The van der Waals surface area contributed by atoms with Crippen LogP contribution in [0.25, 0.3) is 0 Å². The van der Waals surface area contributed by atoms with Gasteiger partial charge in [0.15, 0.2) is 0 Å². The van der Waals surface area contributed by atoms with E-state index >= 15 is 0 Å². The molecule has 0 aliphatic heterocycles. The molecular weight excluding hydrogens is 220 g/mol. The highest BCUT2D eigenvalue weighted by Crippen LogP contribution is 2.15. The first-order valence-corrected chi connectivity index (χ1v) is 5.01. The summed E-state index contributed by atoms with van der Waals surface area (Å²) in [5, 5.41) is 11.5. The van der Waals surface area contributed by atoms with E-state index in [0.29, 0.717) is 6.54 Å². The summed E-state index contributed by atoms with van der Waals surface area (Å²) < 4.78 is 0. The standard InChI is InChI=1S/C12H14N2O3/c1-3-8-14(2)12(17)13-10-7-5-4-6-9(10)11(15)16/h3-7H,1,8H2,2H3,(H,13,17)(H,15,16). The number of urea groups is 1. The second-order valence-electron chi connectivity index (χ2n) is 3.45. The van der Waals surface area contributed by atoms with E-state index in [1.807, 2.05) is 0 Å². The molecule has 0 spiro atoms. The van der Waals surface area contributed by atoms with Crippen molar-refractivity contribution in [3.8, 4) is 0 Å². The Morgan fingerprint density at radius 2 is 2.12 bits per heavy atom. The smallest absolute Gasteiger partial charge is 0.337 e. The Balaban J connectivity index is 2.84. The van der Waals surface area contributed by atoms with Crippen LogP contribution in [0.15, 0.2) is 36.9 Å². The van der Waals surface area contributed by atoms with Gasteiger partial charge in [-0.05, 0) is 12.1 Å². The van der Waals surface area contributed by atoms with Crippen molar-refractivity contribution in [2.45, 2.75) is 0 Å². The highest BCUT2D eigenvalue weighted by Gasteiger charge is 2.13. The predicted octanol–water partition coefficient (Wildman–Crippen LogP) is 2.03. The molecule has 1 aromatic rings. The maximum absolute atomic E-state index is 11.7. The molecule has 0 unspecified atom stereocenters. The summed E-state index contributed by atoms with van der Waals surface area (Å²) in [6, 6.07) is 5.87. The number of aromatic carboxylic acids is 1. The first-order valence-electron chi connectivity index (χ1n) is 5.01. The first kappa shape index (κ1) is 12.8. The van der Waals surface area contributed by atoms with Gasteiger partial charge in [0.25, 0.3) is 0 Å². The second-order valence-corrected chi connectivity index (χ2v) is 3.45. The van der Waals surface area contributed by atoms with Crippen LogP contribution in [0.1, 0.15) is 10.4 Å². The van der Waals surface area contributed by atoms with E-state index in [0.717, 1.165) is 0 Å². The van der Waals surface area contributed by atoms with E-state index in [4.69, 9.17) is 5.11 Å². The van der Waals surface area contributed by atoms with Crippen molar-refractivity contribution >= 4 is 17.7 Å². The third-order valence-corrected chi connectivity index (χ3v) is 2.15. The maximum Gasteiger partial charge on any atom is 0.337 e. The van der Waals surface area contributed by atoms with Gasteiger partial charge < -0.3 is 15.3 Å². The molecule has 1 aromatic carbocycles. The van der Waals surface area contributed by atoms with Crippen LogP contribution in [0, 0.1) is 0 Å². The van der Waals surface area contributed by atoms with E-state index in [9.17, 15) is 9.59 Å². The summed E-state index contributed by atoms with van der Waals surface area (Å²) in [5.41, 5.74) is 0.341. The summed E-state index contributed by atoms with van der Waals surface area (Å²) in [6.45, 7) is 3.91. The molecule has 2 N–H and O–H groups in total. The summed E-state index contributed by atoms with van der Waals surface area (Å²) in [4.78, 5) is 24.0. The number of carboxylic acids is 1. The molecule has 0 saturated heterocycles.